The van der Waals surface area contributed by atoms with Gasteiger partial charge < -0.3 is 9.88 Å². The van der Waals surface area contributed by atoms with E-state index in [2.05, 4.69) is 5.32 Å². The highest BCUT2D eigenvalue weighted by atomic mass is 19.1. The summed E-state index contributed by atoms with van der Waals surface area (Å²) < 4.78 is 29.0. The smallest absolute Gasteiger partial charge is 0.257 e. The zero-order valence-electron chi connectivity index (χ0n) is 13.3. The number of benzene rings is 2. The molecule has 24 heavy (non-hydrogen) atoms. The molecule has 0 aliphatic carbocycles. The minimum atomic E-state index is -0.426. The minimum Gasteiger partial charge on any atom is -0.322 e. The molecule has 0 saturated carbocycles. The van der Waals surface area contributed by atoms with Gasteiger partial charge in [-0.15, -0.1) is 0 Å². The average Bonchev–Trinajstić information content (AvgIpc) is 2.83. The van der Waals surface area contributed by atoms with Gasteiger partial charge in [-0.25, -0.2) is 8.78 Å². The van der Waals surface area contributed by atoms with Crippen LogP contribution in [0.4, 0.5) is 14.5 Å². The van der Waals surface area contributed by atoms with Crippen LogP contribution >= 0.6 is 0 Å². The van der Waals surface area contributed by atoms with E-state index in [0.29, 0.717) is 22.6 Å². The zero-order chi connectivity index (χ0) is 17.3. The van der Waals surface area contributed by atoms with Crippen molar-refractivity contribution in [2.45, 2.75) is 13.8 Å². The predicted molar refractivity (Wildman–Crippen MR) is 89.6 cm³/mol. The first-order valence-electron chi connectivity index (χ1n) is 7.48. The first kappa shape index (κ1) is 15.9. The number of para-hydroxylation sites is 1. The molecule has 5 heteroatoms. The molecule has 0 aliphatic rings. The van der Waals surface area contributed by atoms with Crippen LogP contribution in [0, 0.1) is 25.5 Å². The summed E-state index contributed by atoms with van der Waals surface area (Å²) in [6.07, 6.45) is 0. The SMILES string of the molecule is Cc1cc(C(=O)Nc2cccc(F)c2)c(C)n1-c1ccccc1F. The van der Waals surface area contributed by atoms with Crippen LogP contribution in [0.3, 0.4) is 0 Å². The number of rotatable bonds is 3. The van der Waals surface area contributed by atoms with Crippen molar-refractivity contribution in [3.63, 3.8) is 0 Å². The highest BCUT2D eigenvalue weighted by molar-refractivity contribution is 6.05. The van der Waals surface area contributed by atoms with Crippen molar-refractivity contribution in [2.24, 2.45) is 0 Å². The quantitative estimate of drug-likeness (QED) is 0.748. The van der Waals surface area contributed by atoms with Crippen LogP contribution in [0.5, 0.6) is 0 Å². The highest BCUT2D eigenvalue weighted by Gasteiger charge is 2.18. The van der Waals surface area contributed by atoms with Gasteiger partial charge in [0, 0.05) is 17.1 Å². The van der Waals surface area contributed by atoms with E-state index in [0.717, 1.165) is 5.69 Å². The predicted octanol–water partition coefficient (Wildman–Crippen LogP) is 4.62. The Hall–Kier alpha value is -2.95. The number of nitrogens with zero attached hydrogens (tertiary/aromatic N) is 1. The Balaban J connectivity index is 1.97. The first-order valence-corrected chi connectivity index (χ1v) is 7.48. The van der Waals surface area contributed by atoms with E-state index in [-0.39, 0.29) is 11.7 Å². The molecule has 1 heterocycles. The molecule has 122 valence electrons. The molecule has 0 radical (unpaired) electrons. The second-order valence-corrected chi connectivity index (χ2v) is 5.54. The number of hydrogen-bond donors (Lipinski definition) is 1. The van der Waals surface area contributed by atoms with E-state index in [9.17, 15) is 13.6 Å². The molecule has 1 N–H and O–H groups in total. The molecule has 1 aromatic heterocycles. The number of nitrogens with one attached hydrogen (secondary N) is 1. The van der Waals surface area contributed by atoms with Gasteiger partial charge in [-0.1, -0.05) is 18.2 Å². The minimum absolute atomic E-state index is 0.364. The van der Waals surface area contributed by atoms with Crippen molar-refractivity contribution in [1.82, 2.24) is 4.57 Å². The number of carbonyl (C=O) groups excluding carboxylic acids is 1. The van der Waals surface area contributed by atoms with E-state index in [1.165, 1.54) is 24.3 Å². The van der Waals surface area contributed by atoms with Crippen LogP contribution in [-0.4, -0.2) is 10.5 Å². The van der Waals surface area contributed by atoms with Gasteiger partial charge in [0.1, 0.15) is 11.6 Å². The maximum atomic E-state index is 14.1. The number of aromatic nitrogens is 1. The second kappa shape index (κ2) is 6.28. The Morgan fingerprint density at radius 1 is 1.00 bits per heavy atom. The fourth-order valence-electron chi connectivity index (χ4n) is 2.76. The number of anilines is 1. The van der Waals surface area contributed by atoms with Crippen molar-refractivity contribution in [3.05, 3.63) is 83.2 Å². The normalized spacial score (nSPS) is 10.7. The summed E-state index contributed by atoms with van der Waals surface area (Å²) in [5.41, 5.74) is 2.53. The molecule has 0 unspecified atom stereocenters. The molecule has 3 aromatic rings. The van der Waals surface area contributed by atoms with Crippen molar-refractivity contribution >= 4 is 11.6 Å². The highest BCUT2D eigenvalue weighted by Crippen LogP contribution is 2.23. The average molecular weight is 326 g/mol. The molecule has 3 nitrogen and oxygen atoms in total. The lowest BCUT2D eigenvalue weighted by atomic mass is 10.2. The summed E-state index contributed by atoms with van der Waals surface area (Å²) in [4.78, 5) is 12.5. The summed E-state index contributed by atoms with van der Waals surface area (Å²) in [6, 6.07) is 13.8. The third-order valence-electron chi connectivity index (χ3n) is 3.85. The van der Waals surface area contributed by atoms with Gasteiger partial charge in [-0.05, 0) is 50.2 Å². The van der Waals surface area contributed by atoms with Crippen molar-refractivity contribution < 1.29 is 13.6 Å². The molecule has 1 amide bonds. The summed E-state index contributed by atoms with van der Waals surface area (Å²) in [7, 11) is 0. The Morgan fingerprint density at radius 3 is 2.46 bits per heavy atom. The van der Waals surface area contributed by atoms with Crippen LogP contribution in [0.15, 0.2) is 54.6 Å². The lowest BCUT2D eigenvalue weighted by Gasteiger charge is -2.11. The number of carbonyl (C=O) groups is 1. The third kappa shape index (κ3) is 2.93. The fourth-order valence-corrected chi connectivity index (χ4v) is 2.76. The van der Waals surface area contributed by atoms with E-state index < -0.39 is 5.82 Å². The molecule has 0 saturated heterocycles. The largest absolute Gasteiger partial charge is 0.322 e. The maximum absolute atomic E-state index is 14.1. The van der Waals surface area contributed by atoms with Crippen molar-refractivity contribution in [2.75, 3.05) is 5.32 Å². The van der Waals surface area contributed by atoms with Gasteiger partial charge in [0.05, 0.1) is 11.3 Å². The number of hydrogen-bond acceptors (Lipinski definition) is 1. The molecule has 0 atom stereocenters. The fraction of sp³-hybridized carbons (Fsp3) is 0.105. The van der Waals surface area contributed by atoms with E-state index in [4.69, 9.17) is 0 Å². The molecule has 3 rings (SSSR count). The molecule has 0 spiro atoms. The van der Waals surface area contributed by atoms with Gasteiger partial charge in [0.2, 0.25) is 0 Å². The molecule has 0 fully saturated rings. The van der Waals surface area contributed by atoms with Gasteiger partial charge in [-0.3, -0.25) is 4.79 Å². The van der Waals surface area contributed by atoms with Crippen molar-refractivity contribution in [3.8, 4) is 5.69 Å². The Morgan fingerprint density at radius 2 is 1.75 bits per heavy atom. The zero-order valence-corrected chi connectivity index (χ0v) is 13.3. The number of halogens is 2. The maximum Gasteiger partial charge on any atom is 0.257 e. The lowest BCUT2D eigenvalue weighted by molar-refractivity contribution is 0.102. The molecular formula is C19H16F2N2O. The summed E-state index contributed by atoms with van der Waals surface area (Å²) in [5.74, 6) is -1.16. The van der Waals surface area contributed by atoms with Crippen molar-refractivity contribution in [1.29, 1.82) is 0 Å². The van der Waals surface area contributed by atoms with Gasteiger partial charge in [0.15, 0.2) is 0 Å². The summed E-state index contributed by atoms with van der Waals surface area (Å²) >= 11 is 0. The van der Waals surface area contributed by atoms with Gasteiger partial charge in [0.25, 0.3) is 5.91 Å². The van der Waals surface area contributed by atoms with E-state index >= 15 is 0 Å². The summed E-state index contributed by atoms with van der Waals surface area (Å²) in [5, 5.41) is 2.66. The van der Waals surface area contributed by atoms with E-state index in [1.54, 1.807) is 48.7 Å². The topological polar surface area (TPSA) is 34.0 Å². The Kier molecular flexibility index (Phi) is 4.16. The molecular weight excluding hydrogens is 310 g/mol. The van der Waals surface area contributed by atoms with E-state index in [1.807, 2.05) is 0 Å². The standard InChI is InChI=1S/C19H16F2N2O/c1-12-10-16(19(24)22-15-7-5-6-14(20)11-15)13(2)23(12)18-9-4-3-8-17(18)21/h3-11H,1-2H3,(H,22,24). The number of aryl methyl sites for hydroxylation is 1. The van der Waals surface area contributed by atoms with Crippen LogP contribution in [-0.2, 0) is 0 Å². The van der Waals surface area contributed by atoms with Crippen LogP contribution in [0.1, 0.15) is 21.7 Å². The third-order valence-corrected chi connectivity index (χ3v) is 3.85. The number of amides is 1. The van der Waals surface area contributed by atoms with Crippen LogP contribution in [0.2, 0.25) is 0 Å². The first-order chi connectivity index (χ1) is 11.5. The molecule has 2 aromatic carbocycles. The summed E-state index contributed by atoms with van der Waals surface area (Å²) in [6.45, 7) is 3.55. The van der Waals surface area contributed by atoms with Crippen LogP contribution in [0.25, 0.3) is 5.69 Å². The van der Waals surface area contributed by atoms with Crippen LogP contribution < -0.4 is 5.32 Å². The molecule has 0 bridgehead atoms. The lowest BCUT2D eigenvalue weighted by Crippen LogP contribution is -2.13. The Labute approximate surface area is 138 Å². The Bertz CT molecular complexity index is 915. The second-order valence-electron chi connectivity index (χ2n) is 5.54. The van der Waals surface area contributed by atoms with Gasteiger partial charge >= 0.3 is 0 Å². The monoisotopic (exact) mass is 326 g/mol. The molecule has 0 aliphatic heterocycles. The van der Waals surface area contributed by atoms with Gasteiger partial charge in [-0.2, -0.15) is 0 Å².